The van der Waals surface area contributed by atoms with E-state index in [1.807, 2.05) is 6.08 Å². The number of hydrogen-bond acceptors (Lipinski definition) is 6. The molecule has 5 aliphatic rings. The van der Waals surface area contributed by atoms with E-state index in [0.29, 0.717) is 42.9 Å². The molecule has 0 spiro atoms. The summed E-state index contributed by atoms with van der Waals surface area (Å²) in [6.07, 6.45) is 11.3. The second kappa shape index (κ2) is 9.60. The van der Waals surface area contributed by atoms with E-state index in [4.69, 9.17) is 9.47 Å². The maximum Gasteiger partial charge on any atom is 0.328 e. The average molecular weight is 500 g/mol. The van der Waals surface area contributed by atoms with Crippen LogP contribution in [0.3, 0.4) is 0 Å². The minimum absolute atomic E-state index is 0.0200. The van der Waals surface area contributed by atoms with Crippen LogP contribution in [-0.4, -0.2) is 54.3 Å². The first-order valence-corrected chi connectivity index (χ1v) is 14.0. The highest BCUT2D eigenvalue weighted by atomic mass is 16.5. The number of ether oxygens (including phenoxy) is 2. The van der Waals surface area contributed by atoms with E-state index in [0.717, 1.165) is 51.4 Å². The standard InChI is InChI=1S/C29H41NO6/c1-28-14-12-19(31)17-18(28)6-7-20-21-8-9-24(29(21,2)15-13-22(20)28)36-26(33)11-10-25(32)30-16-4-5-23(30)27(34)35-3/h17,20-24H,4-16H2,1-3H3/t20-,21-,22-,23+,24+,28-,29-/m0/s1. The smallest absolute Gasteiger partial charge is 0.328 e. The van der Waals surface area contributed by atoms with Crippen molar-refractivity contribution in [2.24, 2.45) is 28.6 Å². The fraction of sp³-hybridized carbons (Fsp3) is 0.793. The number of hydrogen-bond donors (Lipinski definition) is 0. The average Bonchev–Trinajstić information content (AvgIpc) is 3.47. The van der Waals surface area contributed by atoms with Crippen LogP contribution in [0.1, 0.15) is 90.9 Å². The minimum Gasteiger partial charge on any atom is -0.467 e. The number of carbonyl (C=O) groups is 4. The summed E-state index contributed by atoms with van der Waals surface area (Å²) in [5, 5.41) is 0. The Morgan fingerprint density at radius 3 is 2.58 bits per heavy atom. The van der Waals surface area contributed by atoms with Gasteiger partial charge in [0.05, 0.1) is 13.5 Å². The zero-order valence-corrected chi connectivity index (χ0v) is 22.1. The van der Waals surface area contributed by atoms with Crippen molar-refractivity contribution >= 4 is 23.6 Å². The molecule has 1 aliphatic heterocycles. The van der Waals surface area contributed by atoms with Crippen LogP contribution in [0.4, 0.5) is 0 Å². The lowest BCUT2D eigenvalue weighted by Gasteiger charge is -2.57. The van der Waals surface area contributed by atoms with E-state index in [1.54, 1.807) is 4.90 Å². The monoisotopic (exact) mass is 499 g/mol. The van der Waals surface area contributed by atoms with Crippen LogP contribution in [-0.2, 0) is 28.7 Å². The van der Waals surface area contributed by atoms with Gasteiger partial charge in [-0.1, -0.05) is 19.4 Å². The van der Waals surface area contributed by atoms with Gasteiger partial charge >= 0.3 is 11.9 Å². The van der Waals surface area contributed by atoms with Crippen LogP contribution in [0.2, 0.25) is 0 Å². The molecule has 0 radical (unpaired) electrons. The molecule has 7 heteroatoms. The van der Waals surface area contributed by atoms with Crippen molar-refractivity contribution in [2.45, 2.75) is 103 Å². The van der Waals surface area contributed by atoms with E-state index >= 15 is 0 Å². The molecule has 7 nitrogen and oxygen atoms in total. The van der Waals surface area contributed by atoms with Crippen LogP contribution in [0.15, 0.2) is 11.6 Å². The molecule has 1 amide bonds. The van der Waals surface area contributed by atoms with Crippen LogP contribution < -0.4 is 0 Å². The maximum absolute atomic E-state index is 12.8. The number of methoxy groups -OCH3 is 1. The van der Waals surface area contributed by atoms with Gasteiger partial charge in [-0.25, -0.2) is 4.79 Å². The number of fused-ring (bicyclic) bond motifs is 5. The molecule has 5 rings (SSSR count). The van der Waals surface area contributed by atoms with Gasteiger partial charge in [-0.05, 0) is 87.0 Å². The Kier molecular flexibility index (Phi) is 6.80. The van der Waals surface area contributed by atoms with Crippen molar-refractivity contribution in [3.05, 3.63) is 11.6 Å². The van der Waals surface area contributed by atoms with E-state index in [9.17, 15) is 19.2 Å². The predicted molar refractivity (Wildman–Crippen MR) is 133 cm³/mol. The molecular weight excluding hydrogens is 458 g/mol. The summed E-state index contributed by atoms with van der Waals surface area (Å²) in [6.45, 7) is 5.23. The maximum atomic E-state index is 12.8. The molecule has 0 bridgehead atoms. The molecule has 1 heterocycles. The summed E-state index contributed by atoms with van der Waals surface area (Å²) >= 11 is 0. The molecule has 0 N–H and O–H groups in total. The zero-order chi connectivity index (χ0) is 25.7. The zero-order valence-electron chi connectivity index (χ0n) is 22.1. The topological polar surface area (TPSA) is 90.0 Å². The van der Waals surface area contributed by atoms with E-state index in [2.05, 4.69) is 13.8 Å². The first kappa shape index (κ1) is 25.5. The van der Waals surface area contributed by atoms with Crippen molar-refractivity contribution in [1.29, 1.82) is 0 Å². The molecule has 4 fully saturated rings. The summed E-state index contributed by atoms with van der Waals surface area (Å²) in [7, 11) is 1.34. The molecule has 0 unspecified atom stereocenters. The number of nitrogens with zero attached hydrogens (tertiary/aromatic N) is 1. The second-order valence-electron chi connectivity index (χ2n) is 12.3. The highest BCUT2D eigenvalue weighted by Gasteiger charge is 2.60. The summed E-state index contributed by atoms with van der Waals surface area (Å²) in [5.74, 6) is 1.19. The van der Waals surface area contributed by atoms with E-state index in [1.165, 1.54) is 12.7 Å². The molecule has 198 valence electrons. The Morgan fingerprint density at radius 1 is 1.00 bits per heavy atom. The van der Waals surface area contributed by atoms with Crippen molar-refractivity contribution in [1.82, 2.24) is 4.90 Å². The van der Waals surface area contributed by atoms with Crippen molar-refractivity contribution < 1.29 is 28.7 Å². The van der Waals surface area contributed by atoms with Gasteiger partial charge < -0.3 is 14.4 Å². The van der Waals surface area contributed by atoms with Gasteiger partial charge in [-0.15, -0.1) is 0 Å². The van der Waals surface area contributed by atoms with Crippen molar-refractivity contribution in [3.63, 3.8) is 0 Å². The molecular formula is C29H41NO6. The first-order chi connectivity index (χ1) is 17.2. The van der Waals surface area contributed by atoms with Crippen LogP contribution >= 0.6 is 0 Å². The number of amides is 1. The second-order valence-corrected chi connectivity index (χ2v) is 12.3. The fourth-order valence-electron chi connectivity index (χ4n) is 8.72. The number of likely N-dealkylation sites (tertiary alicyclic amines) is 1. The lowest BCUT2D eigenvalue weighted by atomic mass is 9.47. The summed E-state index contributed by atoms with van der Waals surface area (Å²) < 4.78 is 10.9. The third-order valence-corrected chi connectivity index (χ3v) is 10.7. The van der Waals surface area contributed by atoms with Gasteiger partial charge in [0.15, 0.2) is 5.78 Å². The Balaban J connectivity index is 1.19. The van der Waals surface area contributed by atoms with Crippen LogP contribution in [0, 0.1) is 28.6 Å². The van der Waals surface area contributed by atoms with Gasteiger partial charge in [-0.3, -0.25) is 14.4 Å². The van der Waals surface area contributed by atoms with Crippen molar-refractivity contribution in [3.8, 4) is 0 Å². The first-order valence-electron chi connectivity index (χ1n) is 14.0. The number of carbonyl (C=O) groups excluding carboxylic acids is 4. The number of ketones is 1. The Labute approximate surface area is 214 Å². The lowest BCUT2D eigenvalue weighted by molar-refractivity contribution is -0.161. The third kappa shape index (κ3) is 4.20. The molecule has 0 aromatic carbocycles. The number of rotatable bonds is 5. The molecule has 1 saturated heterocycles. The molecule has 7 atom stereocenters. The third-order valence-electron chi connectivity index (χ3n) is 10.7. The Bertz CT molecular complexity index is 973. The summed E-state index contributed by atoms with van der Waals surface area (Å²) in [6, 6.07) is -0.529. The SMILES string of the molecule is COC(=O)[C@H]1CCCN1C(=O)CCC(=O)O[C@@H]1CC[C@H]2[C@@H]3CCC4=CC(=O)CC[C@]4(C)[C@H]3CC[C@]12C. The van der Waals surface area contributed by atoms with Crippen molar-refractivity contribution in [2.75, 3.05) is 13.7 Å². The molecule has 4 aliphatic carbocycles. The van der Waals surface area contributed by atoms with Gasteiger partial charge in [-0.2, -0.15) is 0 Å². The molecule has 36 heavy (non-hydrogen) atoms. The number of esters is 2. The fourth-order valence-corrected chi connectivity index (χ4v) is 8.72. The Hall–Kier alpha value is -2.18. The highest BCUT2D eigenvalue weighted by molar-refractivity contribution is 5.91. The minimum atomic E-state index is -0.529. The van der Waals surface area contributed by atoms with Gasteiger partial charge in [0, 0.05) is 24.8 Å². The molecule has 0 aromatic rings. The predicted octanol–water partition coefficient (Wildman–Crippen LogP) is 4.37. The Morgan fingerprint density at radius 2 is 1.81 bits per heavy atom. The van der Waals surface area contributed by atoms with E-state index in [-0.39, 0.29) is 47.6 Å². The lowest BCUT2D eigenvalue weighted by Crippen LogP contribution is -2.51. The summed E-state index contributed by atoms with van der Waals surface area (Å²) in [5.41, 5.74) is 1.50. The van der Waals surface area contributed by atoms with Crippen LogP contribution in [0.5, 0.6) is 0 Å². The summed E-state index contributed by atoms with van der Waals surface area (Å²) in [4.78, 5) is 51.1. The van der Waals surface area contributed by atoms with E-state index < -0.39 is 6.04 Å². The number of allylic oxidation sites excluding steroid dienone is 1. The molecule has 3 saturated carbocycles. The normalized spacial score (nSPS) is 39.5. The largest absolute Gasteiger partial charge is 0.467 e. The quantitative estimate of drug-likeness (QED) is 0.522. The van der Waals surface area contributed by atoms with Gasteiger partial charge in [0.2, 0.25) is 5.91 Å². The van der Waals surface area contributed by atoms with Gasteiger partial charge in [0.25, 0.3) is 0 Å². The van der Waals surface area contributed by atoms with Gasteiger partial charge in [0.1, 0.15) is 12.1 Å². The van der Waals surface area contributed by atoms with Crippen LogP contribution in [0.25, 0.3) is 0 Å². The highest BCUT2D eigenvalue weighted by Crippen LogP contribution is 2.65. The molecule has 0 aromatic heterocycles.